The molecule has 1 amide bonds. The molecular formula is C11H19NO3. The van der Waals surface area contributed by atoms with Crippen LogP contribution in [0.1, 0.15) is 45.4 Å². The van der Waals surface area contributed by atoms with Gasteiger partial charge in [0.05, 0.1) is 6.42 Å². The summed E-state index contributed by atoms with van der Waals surface area (Å²) in [5.74, 6) is -0.573. The first-order chi connectivity index (χ1) is 6.93. The van der Waals surface area contributed by atoms with Gasteiger partial charge >= 0.3 is 5.97 Å². The van der Waals surface area contributed by atoms with Crippen molar-refractivity contribution in [1.29, 1.82) is 0 Å². The van der Waals surface area contributed by atoms with Crippen molar-refractivity contribution in [2.24, 2.45) is 17.1 Å². The molecule has 86 valence electrons. The quantitative estimate of drug-likeness (QED) is 0.743. The second-order valence-electron chi connectivity index (χ2n) is 4.90. The fourth-order valence-electron chi connectivity index (χ4n) is 2.48. The Morgan fingerprint density at radius 2 is 1.87 bits per heavy atom. The normalized spacial score (nSPS) is 31.1. The van der Waals surface area contributed by atoms with Gasteiger partial charge in [-0.3, -0.25) is 9.59 Å². The maximum absolute atomic E-state index is 11.0. The highest BCUT2D eigenvalue weighted by molar-refractivity contribution is 5.76. The zero-order valence-electron chi connectivity index (χ0n) is 9.16. The summed E-state index contributed by atoms with van der Waals surface area (Å²) in [5, 5.41) is 8.86. The summed E-state index contributed by atoms with van der Waals surface area (Å²) in [4.78, 5) is 21.7. The molecule has 0 radical (unpaired) electrons. The van der Waals surface area contributed by atoms with E-state index in [-0.39, 0.29) is 24.2 Å². The van der Waals surface area contributed by atoms with Crippen LogP contribution in [0.5, 0.6) is 0 Å². The van der Waals surface area contributed by atoms with E-state index in [9.17, 15) is 9.59 Å². The smallest absolute Gasteiger partial charge is 0.303 e. The number of carbonyl (C=O) groups is 2. The van der Waals surface area contributed by atoms with Crippen LogP contribution < -0.4 is 5.73 Å². The Morgan fingerprint density at radius 1 is 1.33 bits per heavy atom. The highest BCUT2D eigenvalue weighted by atomic mass is 16.4. The van der Waals surface area contributed by atoms with Crippen molar-refractivity contribution in [1.82, 2.24) is 0 Å². The van der Waals surface area contributed by atoms with Crippen LogP contribution in [0.3, 0.4) is 0 Å². The van der Waals surface area contributed by atoms with Gasteiger partial charge in [-0.15, -0.1) is 0 Å². The van der Waals surface area contributed by atoms with Gasteiger partial charge in [0.1, 0.15) is 0 Å². The number of carboxylic acid groups (broad SMARTS) is 1. The van der Waals surface area contributed by atoms with Crippen LogP contribution in [-0.2, 0) is 9.59 Å². The molecule has 15 heavy (non-hydrogen) atoms. The minimum absolute atomic E-state index is 0.0721. The highest BCUT2D eigenvalue weighted by Gasteiger charge is 2.37. The third-order valence-corrected chi connectivity index (χ3v) is 3.41. The van der Waals surface area contributed by atoms with Crippen LogP contribution in [0.4, 0.5) is 0 Å². The summed E-state index contributed by atoms with van der Waals surface area (Å²) in [5.41, 5.74) is 4.82. The summed E-state index contributed by atoms with van der Waals surface area (Å²) in [6.45, 7) is 2.16. The van der Waals surface area contributed by atoms with Crippen molar-refractivity contribution in [2.45, 2.75) is 45.4 Å². The molecule has 0 unspecified atom stereocenters. The van der Waals surface area contributed by atoms with E-state index in [4.69, 9.17) is 10.8 Å². The first kappa shape index (κ1) is 12.0. The third kappa shape index (κ3) is 3.53. The number of primary amides is 1. The van der Waals surface area contributed by atoms with Crippen molar-refractivity contribution >= 4 is 11.9 Å². The first-order valence-corrected chi connectivity index (χ1v) is 5.44. The van der Waals surface area contributed by atoms with Crippen LogP contribution in [0, 0.1) is 11.3 Å². The molecule has 1 aliphatic rings. The Morgan fingerprint density at radius 3 is 2.27 bits per heavy atom. The van der Waals surface area contributed by atoms with Gasteiger partial charge in [-0.05, 0) is 24.2 Å². The molecule has 1 fully saturated rings. The summed E-state index contributed by atoms with van der Waals surface area (Å²) in [7, 11) is 0. The van der Waals surface area contributed by atoms with Crippen molar-refractivity contribution in [2.75, 3.05) is 0 Å². The number of hydrogen-bond donors (Lipinski definition) is 2. The number of aliphatic carboxylic acids is 1. The molecule has 4 nitrogen and oxygen atoms in total. The van der Waals surface area contributed by atoms with Crippen molar-refractivity contribution in [3.8, 4) is 0 Å². The van der Waals surface area contributed by atoms with E-state index >= 15 is 0 Å². The van der Waals surface area contributed by atoms with Crippen LogP contribution in [0.25, 0.3) is 0 Å². The second-order valence-corrected chi connectivity index (χ2v) is 4.90. The van der Waals surface area contributed by atoms with Gasteiger partial charge < -0.3 is 10.8 Å². The van der Waals surface area contributed by atoms with Gasteiger partial charge in [0.25, 0.3) is 0 Å². The zero-order valence-corrected chi connectivity index (χ0v) is 9.16. The Bertz CT molecular complexity index is 237. The summed E-state index contributed by atoms with van der Waals surface area (Å²) in [6.07, 6.45) is 3.91. The minimum atomic E-state index is -0.828. The molecule has 0 aliphatic heterocycles. The average Bonchev–Trinajstić information content (AvgIpc) is 2.08. The maximum atomic E-state index is 11.0. The molecule has 0 aromatic heterocycles. The molecule has 0 aromatic rings. The number of carbonyl (C=O) groups excluding carboxylic acids is 1. The second kappa shape index (κ2) is 4.64. The molecule has 0 aromatic carbocycles. The lowest BCUT2D eigenvalue weighted by Crippen LogP contribution is -2.34. The van der Waals surface area contributed by atoms with Gasteiger partial charge in [-0.2, -0.15) is 0 Å². The van der Waals surface area contributed by atoms with Crippen molar-refractivity contribution in [3.05, 3.63) is 0 Å². The minimum Gasteiger partial charge on any atom is -0.481 e. The van der Waals surface area contributed by atoms with E-state index in [1.54, 1.807) is 0 Å². The highest BCUT2D eigenvalue weighted by Crippen LogP contribution is 2.43. The molecule has 3 N–H and O–H groups in total. The lowest BCUT2D eigenvalue weighted by molar-refractivity contribution is -0.141. The largest absolute Gasteiger partial charge is 0.481 e. The summed E-state index contributed by atoms with van der Waals surface area (Å²) in [6, 6.07) is 0. The predicted molar refractivity (Wildman–Crippen MR) is 56.1 cm³/mol. The van der Waals surface area contributed by atoms with E-state index in [1.165, 1.54) is 0 Å². The van der Waals surface area contributed by atoms with Gasteiger partial charge in [-0.1, -0.05) is 19.8 Å². The molecule has 1 aliphatic carbocycles. The fourth-order valence-corrected chi connectivity index (χ4v) is 2.48. The molecule has 0 atom stereocenters. The molecule has 0 spiro atoms. The summed E-state index contributed by atoms with van der Waals surface area (Å²) < 4.78 is 0. The van der Waals surface area contributed by atoms with Crippen LogP contribution in [0.2, 0.25) is 0 Å². The molecule has 1 rings (SSSR count). The molecule has 1 saturated carbocycles. The van der Waals surface area contributed by atoms with Crippen LogP contribution in [0.15, 0.2) is 0 Å². The van der Waals surface area contributed by atoms with E-state index in [2.05, 4.69) is 6.92 Å². The van der Waals surface area contributed by atoms with Gasteiger partial charge in [0.15, 0.2) is 0 Å². The van der Waals surface area contributed by atoms with Crippen molar-refractivity contribution < 1.29 is 14.7 Å². The van der Waals surface area contributed by atoms with E-state index < -0.39 is 5.97 Å². The van der Waals surface area contributed by atoms with Crippen LogP contribution >= 0.6 is 0 Å². The molecular weight excluding hydrogens is 194 g/mol. The number of amides is 1. The maximum Gasteiger partial charge on any atom is 0.303 e. The number of rotatable bonds is 4. The Kier molecular flexibility index (Phi) is 3.72. The first-order valence-electron chi connectivity index (χ1n) is 5.44. The molecule has 0 bridgehead atoms. The summed E-state index contributed by atoms with van der Waals surface area (Å²) >= 11 is 0. The monoisotopic (exact) mass is 213 g/mol. The number of nitrogens with two attached hydrogens (primary N) is 1. The van der Waals surface area contributed by atoms with E-state index in [1.807, 2.05) is 0 Å². The SMILES string of the molecule is CC1CCC(CC(N)=O)(CC(=O)O)CC1. The lowest BCUT2D eigenvalue weighted by atomic mass is 9.67. The van der Waals surface area contributed by atoms with E-state index in [0.717, 1.165) is 25.7 Å². The Labute approximate surface area is 89.8 Å². The standard InChI is InChI=1S/C11H19NO3/c1-8-2-4-11(5-3-8,6-9(12)13)7-10(14)15/h8H,2-7H2,1H3,(H2,12,13)(H,14,15). The van der Waals surface area contributed by atoms with Gasteiger partial charge in [0, 0.05) is 6.42 Å². The van der Waals surface area contributed by atoms with Gasteiger partial charge in [-0.25, -0.2) is 0 Å². The lowest BCUT2D eigenvalue weighted by Gasteiger charge is -2.37. The van der Waals surface area contributed by atoms with Crippen LogP contribution in [-0.4, -0.2) is 17.0 Å². The average molecular weight is 213 g/mol. The van der Waals surface area contributed by atoms with E-state index in [0.29, 0.717) is 5.92 Å². The molecule has 0 heterocycles. The van der Waals surface area contributed by atoms with Gasteiger partial charge in [0.2, 0.25) is 5.91 Å². The third-order valence-electron chi connectivity index (χ3n) is 3.41. The number of carboxylic acids is 1. The molecule has 0 saturated heterocycles. The Hall–Kier alpha value is -1.06. The zero-order chi connectivity index (χ0) is 11.5. The topological polar surface area (TPSA) is 80.4 Å². The number of hydrogen-bond acceptors (Lipinski definition) is 2. The molecule has 4 heteroatoms. The predicted octanol–water partition coefficient (Wildman–Crippen LogP) is 1.53. The Balaban J connectivity index is 2.68. The van der Waals surface area contributed by atoms with Crippen molar-refractivity contribution in [3.63, 3.8) is 0 Å². The fraction of sp³-hybridized carbons (Fsp3) is 0.818.